The number of aromatic nitrogens is 1. The Morgan fingerprint density at radius 1 is 1.45 bits per heavy atom. The SMILES string of the molecule is Cl.Cl.NC(CNC(=O)c1csc(-c2ccc(Cl)s2)n1)C1CC1. The van der Waals surface area contributed by atoms with Crippen molar-refractivity contribution < 1.29 is 4.79 Å². The van der Waals surface area contributed by atoms with Crippen molar-refractivity contribution in [1.29, 1.82) is 0 Å². The zero-order valence-electron chi connectivity index (χ0n) is 11.5. The Morgan fingerprint density at radius 3 is 2.77 bits per heavy atom. The molecule has 3 N–H and O–H groups in total. The molecule has 1 fully saturated rings. The number of amides is 1. The van der Waals surface area contributed by atoms with Gasteiger partial charge in [-0.1, -0.05) is 11.6 Å². The molecule has 0 bridgehead atoms. The summed E-state index contributed by atoms with van der Waals surface area (Å²) in [5.74, 6) is 0.417. The van der Waals surface area contributed by atoms with Crippen LogP contribution in [0.3, 0.4) is 0 Å². The lowest BCUT2D eigenvalue weighted by Gasteiger charge is -2.10. The zero-order valence-corrected chi connectivity index (χ0v) is 15.5. The molecule has 1 atom stereocenters. The van der Waals surface area contributed by atoms with E-state index in [0.29, 0.717) is 18.2 Å². The first-order valence-corrected chi connectivity index (χ1v) is 8.46. The van der Waals surface area contributed by atoms with Crippen LogP contribution in [0.1, 0.15) is 23.3 Å². The standard InChI is InChI=1S/C13H14ClN3OS2.2ClH/c14-11-4-3-10(20-11)13-17-9(6-19-13)12(18)16-5-8(15)7-1-2-7;;/h3-4,6-8H,1-2,5,15H2,(H,16,18);2*1H. The maximum atomic E-state index is 12.0. The van der Waals surface area contributed by atoms with Crippen LogP contribution in [0.4, 0.5) is 0 Å². The van der Waals surface area contributed by atoms with Gasteiger partial charge in [0.1, 0.15) is 10.7 Å². The van der Waals surface area contributed by atoms with Gasteiger partial charge in [0.2, 0.25) is 0 Å². The van der Waals surface area contributed by atoms with Crippen LogP contribution in [-0.4, -0.2) is 23.5 Å². The minimum atomic E-state index is -0.161. The number of thiazole rings is 1. The fraction of sp³-hybridized carbons (Fsp3) is 0.385. The highest BCUT2D eigenvalue weighted by Gasteiger charge is 2.28. The van der Waals surface area contributed by atoms with E-state index in [-0.39, 0.29) is 36.8 Å². The second kappa shape index (κ2) is 8.47. The Bertz CT molecular complexity index is 628. The summed E-state index contributed by atoms with van der Waals surface area (Å²) in [4.78, 5) is 17.3. The van der Waals surface area contributed by atoms with E-state index < -0.39 is 0 Å². The second-order valence-electron chi connectivity index (χ2n) is 4.85. The molecule has 2 aromatic rings. The van der Waals surface area contributed by atoms with Crippen molar-refractivity contribution >= 4 is 65.0 Å². The number of thiophene rings is 1. The molecule has 2 aromatic heterocycles. The molecule has 22 heavy (non-hydrogen) atoms. The van der Waals surface area contributed by atoms with E-state index in [0.717, 1.165) is 14.2 Å². The van der Waals surface area contributed by atoms with Crippen LogP contribution in [0, 0.1) is 5.92 Å². The summed E-state index contributed by atoms with van der Waals surface area (Å²) in [6, 6.07) is 3.81. The van der Waals surface area contributed by atoms with E-state index in [9.17, 15) is 4.79 Å². The third-order valence-electron chi connectivity index (χ3n) is 3.25. The van der Waals surface area contributed by atoms with Crippen molar-refractivity contribution in [3.05, 3.63) is 27.5 Å². The van der Waals surface area contributed by atoms with Crippen LogP contribution in [0.15, 0.2) is 17.5 Å². The second-order valence-corrected chi connectivity index (χ2v) is 7.43. The van der Waals surface area contributed by atoms with Crippen LogP contribution in [0.5, 0.6) is 0 Å². The van der Waals surface area contributed by atoms with Crippen LogP contribution in [0.2, 0.25) is 4.34 Å². The lowest BCUT2D eigenvalue weighted by Crippen LogP contribution is -2.38. The topological polar surface area (TPSA) is 68.0 Å². The Balaban J connectivity index is 0.00000121. The van der Waals surface area contributed by atoms with Crippen LogP contribution >= 0.6 is 59.1 Å². The quantitative estimate of drug-likeness (QED) is 0.801. The van der Waals surface area contributed by atoms with Gasteiger partial charge >= 0.3 is 0 Å². The summed E-state index contributed by atoms with van der Waals surface area (Å²) in [6.07, 6.45) is 2.36. The molecule has 0 saturated heterocycles. The van der Waals surface area contributed by atoms with Gasteiger partial charge in [-0.25, -0.2) is 4.98 Å². The van der Waals surface area contributed by atoms with Gasteiger partial charge in [-0.05, 0) is 30.9 Å². The monoisotopic (exact) mass is 399 g/mol. The van der Waals surface area contributed by atoms with Gasteiger partial charge in [-0.15, -0.1) is 47.5 Å². The Hall–Kier alpha value is -0.370. The molecule has 4 nitrogen and oxygen atoms in total. The lowest BCUT2D eigenvalue weighted by atomic mass is 10.2. The molecular formula is C13H16Cl3N3OS2. The summed E-state index contributed by atoms with van der Waals surface area (Å²) in [6.45, 7) is 0.515. The first kappa shape index (κ1) is 19.7. The smallest absolute Gasteiger partial charge is 0.270 e. The predicted octanol–water partition coefficient (Wildman–Crippen LogP) is 3.84. The first-order chi connectivity index (χ1) is 9.63. The van der Waals surface area contributed by atoms with Crippen LogP contribution < -0.4 is 11.1 Å². The van der Waals surface area contributed by atoms with Gasteiger partial charge in [0.25, 0.3) is 5.91 Å². The van der Waals surface area contributed by atoms with Crippen molar-refractivity contribution in [3.8, 4) is 9.88 Å². The molecule has 0 aromatic carbocycles. The van der Waals surface area contributed by atoms with E-state index in [1.165, 1.54) is 35.5 Å². The van der Waals surface area contributed by atoms with Crippen LogP contribution in [-0.2, 0) is 0 Å². The van der Waals surface area contributed by atoms with E-state index >= 15 is 0 Å². The predicted molar refractivity (Wildman–Crippen MR) is 98.0 cm³/mol. The van der Waals surface area contributed by atoms with Gasteiger partial charge in [0.05, 0.1) is 9.21 Å². The maximum Gasteiger partial charge on any atom is 0.270 e. The first-order valence-electron chi connectivity index (χ1n) is 6.38. The lowest BCUT2D eigenvalue weighted by molar-refractivity contribution is 0.0946. The average molecular weight is 401 g/mol. The summed E-state index contributed by atoms with van der Waals surface area (Å²) < 4.78 is 0.719. The van der Waals surface area contributed by atoms with Crippen molar-refractivity contribution in [2.75, 3.05) is 6.54 Å². The number of carbonyl (C=O) groups is 1. The number of nitrogens with zero attached hydrogens (tertiary/aromatic N) is 1. The summed E-state index contributed by atoms with van der Waals surface area (Å²) in [5.41, 5.74) is 6.40. The molecule has 9 heteroatoms. The highest BCUT2D eigenvalue weighted by Crippen LogP contribution is 2.33. The summed E-state index contributed by atoms with van der Waals surface area (Å²) in [5, 5.41) is 5.43. The highest BCUT2D eigenvalue weighted by molar-refractivity contribution is 7.23. The van der Waals surface area contributed by atoms with E-state index in [4.69, 9.17) is 17.3 Å². The van der Waals surface area contributed by atoms with Gasteiger partial charge in [0.15, 0.2) is 0 Å². The fourth-order valence-corrected chi connectivity index (χ4v) is 3.83. The van der Waals surface area contributed by atoms with Gasteiger partial charge in [0, 0.05) is 18.0 Å². The number of hydrogen-bond donors (Lipinski definition) is 2. The molecule has 1 unspecified atom stereocenters. The maximum absolute atomic E-state index is 12.0. The van der Waals surface area contributed by atoms with E-state index in [2.05, 4.69) is 10.3 Å². The van der Waals surface area contributed by atoms with Gasteiger partial charge in [-0.2, -0.15) is 0 Å². The Kier molecular flexibility index (Phi) is 7.58. The summed E-state index contributed by atoms with van der Waals surface area (Å²) in [7, 11) is 0. The van der Waals surface area contributed by atoms with Crippen molar-refractivity contribution in [3.63, 3.8) is 0 Å². The van der Waals surface area contributed by atoms with Gasteiger partial charge < -0.3 is 11.1 Å². The number of halogens is 3. The van der Waals surface area contributed by atoms with Gasteiger partial charge in [-0.3, -0.25) is 4.79 Å². The largest absolute Gasteiger partial charge is 0.349 e. The van der Waals surface area contributed by atoms with Crippen LogP contribution in [0.25, 0.3) is 9.88 Å². The average Bonchev–Trinajstić information content (AvgIpc) is 3.01. The third kappa shape index (κ3) is 4.81. The number of hydrogen-bond acceptors (Lipinski definition) is 5. The molecule has 0 aliphatic heterocycles. The number of nitrogens with two attached hydrogens (primary N) is 1. The molecular weight excluding hydrogens is 385 g/mol. The van der Waals surface area contributed by atoms with Crippen molar-refractivity contribution in [2.24, 2.45) is 11.7 Å². The molecule has 0 radical (unpaired) electrons. The van der Waals surface area contributed by atoms with Crippen molar-refractivity contribution in [1.82, 2.24) is 10.3 Å². The normalized spacial score (nSPS) is 14.6. The molecule has 1 aliphatic rings. The van der Waals surface area contributed by atoms with Crippen molar-refractivity contribution in [2.45, 2.75) is 18.9 Å². The molecule has 0 spiro atoms. The highest BCUT2D eigenvalue weighted by atomic mass is 35.5. The molecule has 3 rings (SSSR count). The molecule has 1 saturated carbocycles. The minimum absolute atomic E-state index is 0. The fourth-order valence-electron chi connectivity index (χ4n) is 1.91. The Morgan fingerprint density at radius 2 is 2.18 bits per heavy atom. The molecule has 1 amide bonds. The molecule has 122 valence electrons. The number of nitrogens with one attached hydrogen (secondary N) is 1. The number of rotatable bonds is 5. The van der Waals surface area contributed by atoms with E-state index in [1.54, 1.807) is 5.38 Å². The zero-order chi connectivity index (χ0) is 14.1. The van der Waals surface area contributed by atoms with E-state index in [1.807, 2.05) is 12.1 Å². The molecule has 1 aliphatic carbocycles. The minimum Gasteiger partial charge on any atom is -0.349 e. The summed E-state index contributed by atoms with van der Waals surface area (Å²) >= 11 is 8.81. The number of carbonyl (C=O) groups excluding carboxylic acids is 1. The third-order valence-corrected chi connectivity index (χ3v) is 5.49. The Labute approximate surface area is 154 Å². The molecule has 2 heterocycles.